The van der Waals surface area contributed by atoms with Crippen LogP contribution in [0.25, 0.3) is 22.0 Å². The van der Waals surface area contributed by atoms with Gasteiger partial charge in [0, 0.05) is 35.4 Å². The molecule has 2 amide bonds. The van der Waals surface area contributed by atoms with Crippen LogP contribution in [0.5, 0.6) is 0 Å². The number of likely N-dealkylation sites (tertiary alicyclic amines) is 1. The number of anilines is 1. The number of H-pyrrole nitrogens is 1. The Bertz CT molecular complexity index is 1400. The monoisotopic (exact) mass is 501 g/mol. The Kier molecular flexibility index (Phi) is 5.95. The van der Waals surface area contributed by atoms with Gasteiger partial charge in [0.25, 0.3) is 11.5 Å². The number of nitrogens with one attached hydrogen (secondary N) is 1. The molecule has 0 saturated carbocycles. The number of aliphatic hydroxyl groups excluding tert-OH is 1. The highest BCUT2D eigenvalue weighted by Gasteiger charge is 2.40. The van der Waals surface area contributed by atoms with Gasteiger partial charge >= 0.3 is 12.3 Å². The summed E-state index contributed by atoms with van der Waals surface area (Å²) in [6.07, 6.45) is -5.88. The van der Waals surface area contributed by atoms with Gasteiger partial charge in [-0.15, -0.1) is 0 Å². The highest BCUT2D eigenvalue weighted by Crippen LogP contribution is 2.37. The molecule has 1 aromatic heterocycles. The Hall–Kier alpha value is -3.86. The van der Waals surface area contributed by atoms with E-state index in [2.05, 4.69) is 4.98 Å². The summed E-state index contributed by atoms with van der Waals surface area (Å²) in [5, 5.41) is 10.2. The first-order valence-electron chi connectivity index (χ1n) is 11.4. The number of hydrogen-bond acceptors (Lipinski definition) is 5. The van der Waals surface area contributed by atoms with Crippen LogP contribution in [-0.2, 0) is 15.7 Å². The smallest absolute Gasteiger partial charge is 0.417 e. The second kappa shape index (κ2) is 8.98. The van der Waals surface area contributed by atoms with Gasteiger partial charge in [0.05, 0.1) is 18.2 Å². The third-order valence-electron chi connectivity index (χ3n) is 6.53. The first kappa shape index (κ1) is 23.9. The predicted octanol–water partition coefficient (Wildman–Crippen LogP) is 3.52. The van der Waals surface area contributed by atoms with Gasteiger partial charge in [-0.25, -0.2) is 4.79 Å². The zero-order valence-corrected chi connectivity index (χ0v) is 18.9. The summed E-state index contributed by atoms with van der Waals surface area (Å²) >= 11 is 0. The van der Waals surface area contributed by atoms with Crippen LogP contribution in [0.2, 0.25) is 0 Å². The average Bonchev–Trinajstić information content (AvgIpc) is 3.25. The van der Waals surface area contributed by atoms with Crippen molar-refractivity contribution < 1.29 is 32.6 Å². The molecule has 3 heterocycles. The van der Waals surface area contributed by atoms with E-state index in [1.165, 1.54) is 41.3 Å². The zero-order valence-electron chi connectivity index (χ0n) is 18.9. The van der Waals surface area contributed by atoms with Gasteiger partial charge in [-0.1, -0.05) is 24.3 Å². The molecule has 0 bridgehead atoms. The highest BCUT2D eigenvalue weighted by molar-refractivity contribution is 5.98. The number of fused-ring (bicyclic) bond motifs is 1. The second-order valence-corrected chi connectivity index (χ2v) is 8.87. The number of cyclic esters (lactones) is 1. The van der Waals surface area contributed by atoms with Crippen molar-refractivity contribution in [1.29, 1.82) is 0 Å². The third-order valence-corrected chi connectivity index (χ3v) is 6.53. The lowest BCUT2D eigenvalue weighted by molar-refractivity contribution is -0.140. The number of carbonyl (C=O) groups is 2. The SMILES string of the molecule is O=C(C1CN(c2ccc3cc(-c4ccccc4C(F)(F)F)[nH]c(=O)c3c2)C(=O)O1)N1CCC(O)CC1. The summed E-state index contributed by atoms with van der Waals surface area (Å²) in [5.41, 5.74) is -1.29. The molecule has 11 heteroatoms. The molecule has 1 unspecified atom stereocenters. The Labute approximate surface area is 202 Å². The molecule has 188 valence electrons. The van der Waals surface area contributed by atoms with Crippen molar-refractivity contribution in [3.05, 3.63) is 64.4 Å². The lowest BCUT2D eigenvalue weighted by Gasteiger charge is -2.30. The third kappa shape index (κ3) is 4.41. The van der Waals surface area contributed by atoms with E-state index in [0.717, 1.165) is 6.07 Å². The number of piperidine rings is 1. The fraction of sp³-hybridized carbons (Fsp3) is 0.320. The maximum atomic E-state index is 13.5. The number of aromatic amines is 1. The van der Waals surface area contributed by atoms with Crippen LogP contribution in [0, 0.1) is 0 Å². The molecule has 5 rings (SSSR count). The molecular formula is C25H22F3N3O5. The van der Waals surface area contributed by atoms with Gasteiger partial charge in [-0.3, -0.25) is 14.5 Å². The van der Waals surface area contributed by atoms with Gasteiger partial charge in [0.2, 0.25) is 0 Å². The van der Waals surface area contributed by atoms with E-state index in [1.54, 1.807) is 11.0 Å². The number of aliphatic hydroxyl groups is 1. The zero-order chi connectivity index (χ0) is 25.6. The van der Waals surface area contributed by atoms with Crippen LogP contribution < -0.4 is 10.5 Å². The summed E-state index contributed by atoms with van der Waals surface area (Å²) in [4.78, 5) is 43.4. The molecule has 2 aromatic carbocycles. The number of aromatic nitrogens is 1. The van der Waals surface area contributed by atoms with Crippen molar-refractivity contribution in [2.75, 3.05) is 24.5 Å². The summed E-state index contributed by atoms with van der Waals surface area (Å²) in [6, 6.07) is 10.9. The molecule has 1 atom stereocenters. The van der Waals surface area contributed by atoms with Crippen LogP contribution >= 0.6 is 0 Å². The number of halogens is 3. The van der Waals surface area contributed by atoms with E-state index in [1.807, 2.05) is 0 Å². The first-order valence-corrected chi connectivity index (χ1v) is 11.4. The van der Waals surface area contributed by atoms with Gasteiger partial charge in [-0.05, 0) is 42.5 Å². The molecule has 2 N–H and O–H groups in total. The van der Waals surface area contributed by atoms with E-state index < -0.39 is 35.6 Å². The van der Waals surface area contributed by atoms with Crippen LogP contribution in [0.4, 0.5) is 23.7 Å². The number of benzene rings is 2. The highest BCUT2D eigenvalue weighted by atomic mass is 19.4. The van der Waals surface area contributed by atoms with E-state index in [9.17, 15) is 32.7 Å². The fourth-order valence-electron chi connectivity index (χ4n) is 4.62. The number of amides is 2. The molecule has 2 fully saturated rings. The van der Waals surface area contributed by atoms with Gasteiger partial charge in [0.15, 0.2) is 6.10 Å². The largest absolute Gasteiger partial charge is 0.434 e. The van der Waals surface area contributed by atoms with Gasteiger partial charge < -0.3 is 19.7 Å². The molecular weight excluding hydrogens is 479 g/mol. The normalized spacial score (nSPS) is 19.1. The number of rotatable bonds is 3. The number of nitrogens with zero attached hydrogens (tertiary/aromatic N) is 2. The van der Waals surface area contributed by atoms with Gasteiger partial charge in [-0.2, -0.15) is 13.2 Å². The number of carbonyl (C=O) groups excluding carboxylic acids is 2. The minimum absolute atomic E-state index is 0.0195. The summed E-state index contributed by atoms with van der Waals surface area (Å²) in [5.74, 6) is -0.343. The van der Waals surface area contributed by atoms with Crippen molar-refractivity contribution >= 4 is 28.5 Å². The van der Waals surface area contributed by atoms with Crippen LogP contribution in [0.15, 0.2) is 53.3 Å². The predicted molar refractivity (Wildman–Crippen MR) is 124 cm³/mol. The minimum Gasteiger partial charge on any atom is -0.434 e. The summed E-state index contributed by atoms with van der Waals surface area (Å²) < 4.78 is 45.6. The molecule has 0 aliphatic carbocycles. The number of pyridine rings is 1. The van der Waals surface area contributed by atoms with E-state index in [0.29, 0.717) is 37.0 Å². The van der Waals surface area contributed by atoms with Crippen molar-refractivity contribution in [2.45, 2.75) is 31.2 Å². The lowest BCUT2D eigenvalue weighted by Crippen LogP contribution is -2.46. The Morgan fingerprint density at radius 1 is 1.06 bits per heavy atom. The molecule has 36 heavy (non-hydrogen) atoms. The molecule has 0 spiro atoms. The molecule has 0 radical (unpaired) electrons. The molecule has 2 saturated heterocycles. The van der Waals surface area contributed by atoms with Crippen molar-refractivity contribution in [2.24, 2.45) is 0 Å². The lowest BCUT2D eigenvalue weighted by atomic mass is 10.0. The Morgan fingerprint density at radius 2 is 1.78 bits per heavy atom. The second-order valence-electron chi connectivity index (χ2n) is 8.87. The molecule has 8 nitrogen and oxygen atoms in total. The standard InChI is InChI=1S/C25H22F3N3O5/c26-25(27,28)19-4-2-1-3-17(19)20-11-14-5-6-15(12-18(14)22(33)29-20)31-13-21(36-24(31)35)23(34)30-9-7-16(32)8-10-30/h1-6,11-12,16,21,32H,7-10,13H2,(H,29,33). The maximum Gasteiger partial charge on any atom is 0.417 e. The quantitative estimate of drug-likeness (QED) is 0.572. The van der Waals surface area contributed by atoms with Crippen molar-refractivity contribution in [3.8, 4) is 11.3 Å². The number of alkyl halides is 3. The van der Waals surface area contributed by atoms with Crippen LogP contribution in [0.3, 0.4) is 0 Å². The average molecular weight is 501 g/mol. The number of ether oxygens (including phenoxy) is 1. The summed E-state index contributed by atoms with van der Waals surface area (Å²) in [7, 11) is 0. The van der Waals surface area contributed by atoms with Crippen LogP contribution in [-0.4, -0.2) is 58.8 Å². The van der Waals surface area contributed by atoms with Gasteiger partial charge in [0.1, 0.15) is 0 Å². The van der Waals surface area contributed by atoms with Crippen LogP contribution in [0.1, 0.15) is 18.4 Å². The molecule has 2 aliphatic rings. The molecule has 3 aromatic rings. The van der Waals surface area contributed by atoms with E-state index in [-0.39, 0.29) is 29.1 Å². The van der Waals surface area contributed by atoms with Crippen molar-refractivity contribution in [3.63, 3.8) is 0 Å². The maximum absolute atomic E-state index is 13.5. The fourth-order valence-corrected chi connectivity index (χ4v) is 4.62. The molecule has 2 aliphatic heterocycles. The first-order chi connectivity index (χ1) is 17.1. The topological polar surface area (TPSA) is 103 Å². The van der Waals surface area contributed by atoms with E-state index in [4.69, 9.17) is 4.74 Å². The minimum atomic E-state index is -4.59. The summed E-state index contributed by atoms with van der Waals surface area (Å²) in [6.45, 7) is 0.704. The van der Waals surface area contributed by atoms with E-state index >= 15 is 0 Å². The number of hydrogen-bond donors (Lipinski definition) is 2. The Morgan fingerprint density at radius 3 is 2.50 bits per heavy atom. The Balaban J connectivity index is 1.42. The van der Waals surface area contributed by atoms with Crippen molar-refractivity contribution in [1.82, 2.24) is 9.88 Å².